The summed E-state index contributed by atoms with van der Waals surface area (Å²) in [5, 5.41) is 0. The van der Waals surface area contributed by atoms with Crippen molar-refractivity contribution < 1.29 is 0 Å². The Balaban J connectivity index is 2.82. The average molecular weight is 265 g/mol. The molecule has 1 unspecified atom stereocenters. The molecular formula is C16H31N3. The standard InChI is InChI=1S/C16H31N3/c1-11(2)7-15(17)16-8-18-10-19(16)9-14(12(3)4)13(5)6/h8,10-15H,7,9,17H2,1-6H3. The number of rotatable bonds is 7. The van der Waals surface area contributed by atoms with Crippen LogP contribution in [0.15, 0.2) is 12.5 Å². The van der Waals surface area contributed by atoms with E-state index in [4.69, 9.17) is 5.73 Å². The molecule has 0 aliphatic rings. The highest BCUT2D eigenvalue weighted by atomic mass is 15.1. The van der Waals surface area contributed by atoms with Crippen molar-refractivity contribution in [1.29, 1.82) is 0 Å². The lowest BCUT2D eigenvalue weighted by Crippen LogP contribution is -2.25. The van der Waals surface area contributed by atoms with Crippen LogP contribution in [-0.2, 0) is 6.54 Å². The van der Waals surface area contributed by atoms with Crippen LogP contribution < -0.4 is 5.73 Å². The molecule has 0 aliphatic carbocycles. The first-order valence-electron chi connectivity index (χ1n) is 7.58. The van der Waals surface area contributed by atoms with Crippen LogP contribution >= 0.6 is 0 Å². The lowest BCUT2D eigenvalue weighted by molar-refractivity contribution is 0.247. The Hall–Kier alpha value is -0.830. The summed E-state index contributed by atoms with van der Waals surface area (Å²) in [7, 11) is 0. The fourth-order valence-electron chi connectivity index (χ4n) is 2.84. The lowest BCUT2D eigenvalue weighted by atomic mass is 9.85. The first-order chi connectivity index (χ1) is 8.82. The van der Waals surface area contributed by atoms with Crippen molar-refractivity contribution in [3.05, 3.63) is 18.2 Å². The van der Waals surface area contributed by atoms with Gasteiger partial charge in [0.25, 0.3) is 0 Å². The van der Waals surface area contributed by atoms with E-state index in [-0.39, 0.29) is 6.04 Å². The molecule has 19 heavy (non-hydrogen) atoms. The summed E-state index contributed by atoms with van der Waals surface area (Å²) in [6.45, 7) is 14.7. The highest BCUT2D eigenvalue weighted by Crippen LogP contribution is 2.25. The third-order valence-electron chi connectivity index (χ3n) is 3.97. The van der Waals surface area contributed by atoms with Crippen LogP contribution in [0.25, 0.3) is 0 Å². The molecule has 3 heteroatoms. The van der Waals surface area contributed by atoms with Gasteiger partial charge in [0.2, 0.25) is 0 Å². The van der Waals surface area contributed by atoms with E-state index in [0.717, 1.165) is 13.0 Å². The van der Waals surface area contributed by atoms with Gasteiger partial charge < -0.3 is 10.3 Å². The van der Waals surface area contributed by atoms with Crippen molar-refractivity contribution >= 4 is 0 Å². The zero-order valence-electron chi connectivity index (χ0n) is 13.4. The normalized spacial score (nSPS) is 14.1. The van der Waals surface area contributed by atoms with Crippen molar-refractivity contribution in [2.24, 2.45) is 29.4 Å². The molecule has 1 aromatic heterocycles. The molecule has 0 spiro atoms. The molecule has 2 N–H and O–H groups in total. The second kappa shape index (κ2) is 7.09. The predicted molar refractivity (Wildman–Crippen MR) is 81.8 cm³/mol. The van der Waals surface area contributed by atoms with Crippen LogP contribution in [-0.4, -0.2) is 9.55 Å². The van der Waals surface area contributed by atoms with Crippen molar-refractivity contribution in [3.8, 4) is 0 Å². The highest BCUT2D eigenvalue weighted by molar-refractivity contribution is 5.05. The molecule has 0 aromatic carbocycles. The van der Waals surface area contributed by atoms with Gasteiger partial charge in [0, 0.05) is 18.8 Å². The number of aromatic nitrogens is 2. The number of hydrogen-bond donors (Lipinski definition) is 1. The first-order valence-corrected chi connectivity index (χ1v) is 7.58. The van der Waals surface area contributed by atoms with Gasteiger partial charge in [-0.1, -0.05) is 41.5 Å². The molecule has 1 heterocycles. The van der Waals surface area contributed by atoms with Crippen molar-refractivity contribution in [2.75, 3.05) is 0 Å². The quantitative estimate of drug-likeness (QED) is 0.813. The van der Waals surface area contributed by atoms with Gasteiger partial charge in [-0.15, -0.1) is 0 Å². The van der Waals surface area contributed by atoms with Crippen molar-refractivity contribution in [1.82, 2.24) is 9.55 Å². The van der Waals surface area contributed by atoms with E-state index in [9.17, 15) is 0 Å². The van der Waals surface area contributed by atoms with Crippen LogP contribution in [0.2, 0.25) is 0 Å². The number of imidazole rings is 1. The van der Waals surface area contributed by atoms with Gasteiger partial charge in [-0.2, -0.15) is 0 Å². The molecule has 0 bridgehead atoms. The summed E-state index contributed by atoms with van der Waals surface area (Å²) in [5.41, 5.74) is 7.49. The van der Waals surface area contributed by atoms with Crippen LogP contribution in [0.5, 0.6) is 0 Å². The summed E-state index contributed by atoms with van der Waals surface area (Å²) in [4.78, 5) is 4.31. The molecule has 0 radical (unpaired) electrons. The van der Waals surface area contributed by atoms with E-state index in [0.29, 0.717) is 23.7 Å². The minimum atomic E-state index is 0.0995. The van der Waals surface area contributed by atoms with E-state index in [1.807, 2.05) is 12.5 Å². The average Bonchev–Trinajstić information content (AvgIpc) is 2.71. The van der Waals surface area contributed by atoms with E-state index < -0.39 is 0 Å². The fraction of sp³-hybridized carbons (Fsp3) is 0.812. The fourth-order valence-corrected chi connectivity index (χ4v) is 2.84. The lowest BCUT2D eigenvalue weighted by Gasteiger charge is -2.27. The highest BCUT2D eigenvalue weighted by Gasteiger charge is 2.21. The number of nitrogens with zero attached hydrogens (tertiary/aromatic N) is 2. The van der Waals surface area contributed by atoms with Crippen molar-refractivity contribution in [2.45, 2.75) is 60.5 Å². The van der Waals surface area contributed by atoms with E-state index >= 15 is 0 Å². The number of hydrogen-bond acceptors (Lipinski definition) is 2. The van der Waals surface area contributed by atoms with Crippen LogP contribution in [0, 0.1) is 23.7 Å². The molecule has 0 saturated carbocycles. The molecule has 110 valence electrons. The summed E-state index contributed by atoms with van der Waals surface area (Å²) in [6, 6.07) is 0.0995. The molecule has 0 saturated heterocycles. The second-order valence-electron chi connectivity index (χ2n) is 6.86. The Morgan fingerprint density at radius 1 is 1.11 bits per heavy atom. The van der Waals surface area contributed by atoms with E-state index in [2.05, 4.69) is 51.1 Å². The molecule has 1 aromatic rings. The largest absolute Gasteiger partial charge is 0.333 e. The Kier molecular flexibility index (Phi) is 6.05. The maximum absolute atomic E-state index is 6.31. The van der Waals surface area contributed by atoms with E-state index in [1.165, 1.54) is 5.69 Å². The van der Waals surface area contributed by atoms with Gasteiger partial charge >= 0.3 is 0 Å². The zero-order valence-corrected chi connectivity index (χ0v) is 13.4. The third kappa shape index (κ3) is 4.64. The Bertz CT molecular complexity index is 358. The van der Waals surface area contributed by atoms with Gasteiger partial charge in [-0.05, 0) is 30.1 Å². The maximum Gasteiger partial charge on any atom is 0.0948 e. The second-order valence-corrected chi connectivity index (χ2v) is 6.86. The topological polar surface area (TPSA) is 43.8 Å². The minimum Gasteiger partial charge on any atom is -0.333 e. The molecule has 1 rings (SSSR count). The smallest absolute Gasteiger partial charge is 0.0948 e. The molecular weight excluding hydrogens is 234 g/mol. The third-order valence-corrected chi connectivity index (χ3v) is 3.97. The van der Waals surface area contributed by atoms with Crippen LogP contribution in [0.3, 0.4) is 0 Å². The van der Waals surface area contributed by atoms with Crippen LogP contribution in [0.4, 0.5) is 0 Å². The molecule has 0 amide bonds. The Morgan fingerprint density at radius 3 is 2.16 bits per heavy atom. The SMILES string of the molecule is CC(C)CC(N)c1cncn1CC(C(C)C)C(C)C. The van der Waals surface area contributed by atoms with Crippen LogP contribution in [0.1, 0.15) is 59.7 Å². The van der Waals surface area contributed by atoms with E-state index in [1.54, 1.807) is 0 Å². The summed E-state index contributed by atoms with van der Waals surface area (Å²) in [5.74, 6) is 2.64. The van der Waals surface area contributed by atoms with Gasteiger partial charge in [0.1, 0.15) is 0 Å². The predicted octanol–water partition coefficient (Wildman–Crippen LogP) is 3.86. The Morgan fingerprint density at radius 2 is 1.68 bits per heavy atom. The van der Waals surface area contributed by atoms with Gasteiger partial charge in [-0.25, -0.2) is 4.98 Å². The molecule has 1 atom stereocenters. The van der Waals surface area contributed by atoms with Crippen molar-refractivity contribution in [3.63, 3.8) is 0 Å². The van der Waals surface area contributed by atoms with Gasteiger partial charge in [0.05, 0.1) is 12.0 Å². The van der Waals surface area contributed by atoms with Gasteiger partial charge in [-0.3, -0.25) is 0 Å². The summed E-state index contributed by atoms with van der Waals surface area (Å²) >= 11 is 0. The first kappa shape index (κ1) is 16.2. The maximum atomic E-state index is 6.31. The summed E-state index contributed by atoms with van der Waals surface area (Å²) < 4.78 is 2.26. The zero-order chi connectivity index (χ0) is 14.6. The monoisotopic (exact) mass is 265 g/mol. The minimum absolute atomic E-state index is 0.0995. The van der Waals surface area contributed by atoms with Gasteiger partial charge in [0.15, 0.2) is 0 Å². The Labute approximate surface area is 118 Å². The molecule has 3 nitrogen and oxygen atoms in total. The number of nitrogens with two attached hydrogens (primary N) is 1. The molecule has 0 fully saturated rings. The summed E-state index contributed by atoms with van der Waals surface area (Å²) in [6.07, 6.45) is 4.89. The molecule has 0 aliphatic heterocycles.